The van der Waals surface area contributed by atoms with Crippen LogP contribution in [0.15, 0.2) is 63.1 Å². The topological polar surface area (TPSA) is 94.5 Å². The fourth-order valence-electron chi connectivity index (χ4n) is 3.22. The molecule has 32 heavy (non-hydrogen) atoms. The average molecular weight is 462 g/mol. The number of amides is 1. The Labute approximate surface area is 183 Å². The van der Waals surface area contributed by atoms with Crippen molar-refractivity contribution >= 4 is 21.4 Å². The van der Waals surface area contributed by atoms with E-state index < -0.39 is 44.4 Å². The van der Waals surface area contributed by atoms with Crippen molar-refractivity contribution < 1.29 is 26.7 Å². The third-order valence-corrected chi connectivity index (χ3v) is 6.72. The van der Waals surface area contributed by atoms with Crippen LogP contribution in [0.2, 0.25) is 0 Å². The van der Waals surface area contributed by atoms with Gasteiger partial charge in [-0.3, -0.25) is 9.59 Å². The molecule has 0 aliphatic rings. The highest BCUT2D eigenvalue weighted by Gasteiger charge is 2.26. The molecule has 1 heterocycles. The molecule has 0 aliphatic heterocycles. The molecular weight excluding hydrogens is 442 g/mol. The Kier molecular flexibility index (Phi) is 6.45. The van der Waals surface area contributed by atoms with Crippen LogP contribution in [-0.2, 0) is 21.2 Å². The number of carbonyl (C=O) groups is 1. The first-order chi connectivity index (χ1) is 15.0. The highest BCUT2D eigenvalue weighted by molar-refractivity contribution is 7.91. The fraction of sp³-hybridized carbons (Fsp3) is 0.182. The number of anilines is 1. The Morgan fingerprint density at radius 1 is 1.03 bits per heavy atom. The Morgan fingerprint density at radius 3 is 2.28 bits per heavy atom. The van der Waals surface area contributed by atoms with Crippen LogP contribution in [0, 0.1) is 25.5 Å². The molecule has 0 fully saturated rings. The number of pyridine rings is 1. The van der Waals surface area contributed by atoms with Crippen LogP contribution in [-0.4, -0.2) is 26.0 Å². The van der Waals surface area contributed by atoms with Gasteiger partial charge < -0.3 is 14.6 Å². The monoisotopic (exact) mass is 462 g/mol. The van der Waals surface area contributed by atoms with Gasteiger partial charge >= 0.3 is 0 Å². The first-order valence-electron chi connectivity index (χ1n) is 9.39. The lowest BCUT2D eigenvalue weighted by Gasteiger charge is -2.15. The number of benzene rings is 2. The summed E-state index contributed by atoms with van der Waals surface area (Å²) in [7, 11) is -2.74. The maximum atomic E-state index is 13.4. The lowest BCUT2D eigenvalue weighted by atomic mass is 10.2. The molecule has 7 nitrogen and oxygen atoms in total. The summed E-state index contributed by atoms with van der Waals surface area (Å²) in [6, 6.07) is 9.89. The summed E-state index contributed by atoms with van der Waals surface area (Å²) in [5.74, 6) is -2.46. The van der Waals surface area contributed by atoms with E-state index >= 15 is 0 Å². The quantitative estimate of drug-likeness (QED) is 0.607. The van der Waals surface area contributed by atoms with Gasteiger partial charge in [-0.05, 0) is 61.9 Å². The number of aromatic nitrogens is 1. The number of hydrogen-bond donors (Lipinski definition) is 1. The number of sulfone groups is 1. The Balaban J connectivity index is 1.98. The number of carbonyl (C=O) groups excluding carboxylic acids is 1. The minimum absolute atomic E-state index is 0.00204. The lowest BCUT2D eigenvalue weighted by Crippen LogP contribution is -2.33. The number of nitrogens with one attached hydrogen (secondary N) is 1. The van der Waals surface area contributed by atoms with Crippen LogP contribution in [0.25, 0.3) is 0 Å². The zero-order chi connectivity index (χ0) is 23.6. The highest BCUT2D eigenvalue weighted by atomic mass is 32.2. The van der Waals surface area contributed by atoms with Gasteiger partial charge in [-0.15, -0.1) is 0 Å². The molecular formula is C22H20F2N2O5S. The van der Waals surface area contributed by atoms with Crippen molar-refractivity contribution in [2.45, 2.75) is 30.2 Å². The van der Waals surface area contributed by atoms with Gasteiger partial charge in [0.1, 0.15) is 17.2 Å². The molecule has 0 saturated heterocycles. The number of methoxy groups -OCH3 is 1. The van der Waals surface area contributed by atoms with E-state index in [1.165, 1.54) is 50.4 Å². The van der Waals surface area contributed by atoms with E-state index in [0.29, 0.717) is 11.4 Å². The van der Waals surface area contributed by atoms with Gasteiger partial charge in [0.15, 0.2) is 11.6 Å². The van der Waals surface area contributed by atoms with Crippen molar-refractivity contribution in [2.24, 2.45) is 0 Å². The maximum Gasteiger partial charge on any atom is 0.270 e. The summed E-state index contributed by atoms with van der Waals surface area (Å²) in [4.78, 5) is 25.0. The average Bonchev–Trinajstić information content (AvgIpc) is 2.73. The minimum Gasteiger partial charge on any atom is -0.497 e. The number of hydrogen-bond acceptors (Lipinski definition) is 5. The molecule has 0 bridgehead atoms. The third-order valence-electron chi connectivity index (χ3n) is 4.79. The molecule has 3 aromatic rings. The fourth-order valence-corrected chi connectivity index (χ4v) is 4.78. The Bertz CT molecular complexity index is 1350. The van der Waals surface area contributed by atoms with Crippen molar-refractivity contribution in [2.75, 3.05) is 12.4 Å². The lowest BCUT2D eigenvalue weighted by molar-refractivity contribution is -0.116. The second kappa shape index (κ2) is 8.91. The van der Waals surface area contributed by atoms with E-state index in [0.717, 1.165) is 16.7 Å². The van der Waals surface area contributed by atoms with E-state index in [9.17, 15) is 26.8 Å². The molecule has 2 aromatic carbocycles. The number of aryl methyl sites for hydroxylation is 2. The molecule has 1 aromatic heterocycles. The number of rotatable bonds is 6. The van der Waals surface area contributed by atoms with Crippen molar-refractivity contribution in [3.05, 3.63) is 81.8 Å². The predicted molar refractivity (Wildman–Crippen MR) is 114 cm³/mol. The van der Waals surface area contributed by atoms with Crippen LogP contribution >= 0.6 is 0 Å². The van der Waals surface area contributed by atoms with Crippen molar-refractivity contribution in [1.82, 2.24) is 4.57 Å². The van der Waals surface area contributed by atoms with Gasteiger partial charge in [-0.1, -0.05) is 0 Å². The molecule has 3 rings (SSSR count). The van der Waals surface area contributed by atoms with Gasteiger partial charge in [0, 0.05) is 17.4 Å². The second-order valence-electron chi connectivity index (χ2n) is 7.05. The van der Waals surface area contributed by atoms with E-state index in [1.54, 1.807) is 6.92 Å². The Morgan fingerprint density at radius 2 is 1.69 bits per heavy atom. The summed E-state index contributed by atoms with van der Waals surface area (Å²) in [6.07, 6.45) is 0. The van der Waals surface area contributed by atoms with Crippen LogP contribution < -0.4 is 15.6 Å². The standard InChI is InChI=1S/C22H20F2N2O5S/c1-13-10-14(2)26(12-20(27)25-15-4-9-18(23)19(24)11-15)22(28)21(13)32(29,30)17-7-5-16(31-3)6-8-17/h4-11H,12H2,1-3H3,(H,25,27). The van der Waals surface area contributed by atoms with Crippen LogP contribution in [0.5, 0.6) is 5.75 Å². The zero-order valence-electron chi connectivity index (χ0n) is 17.5. The van der Waals surface area contributed by atoms with E-state index in [-0.39, 0.29) is 16.1 Å². The smallest absolute Gasteiger partial charge is 0.270 e. The molecule has 0 aliphatic carbocycles. The van der Waals surface area contributed by atoms with Crippen LogP contribution in [0.4, 0.5) is 14.5 Å². The number of halogens is 2. The van der Waals surface area contributed by atoms with Crippen molar-refractivity contribution in [3.63, 3.8) is 0 Å². The van der Waals surface area contributed by atoms with E-state index in [1.807, 2.05) is 0 Å². The molecule has 0 unspecified atom stereocenters. The largest absolute Gasteiger partial charge is 0.497 e. The summed E-state index contributed by atoms with van der Waals surface area (Å²) in [6.45, 7) is 2.54. The van der Waals surface area contributed by atoms with Gasteiger partial charge in [0.25, 0.3) is 5.56 Å². The maximum absolute atomic E-state index is 13.4. The molecule has 0 saturated carbocycles. The first kappa shape index (κ1) is 23.1. The molecule has 1 amide bonds. The van der Waals surface area contributed by atoms with Crippen LogP contribution in [0.1, 0.15) is 11.3 Å². The van der Waals surface area contributed by atoms with Gasteiger partial charge in [-0.2, -0.15) is 0 Å². The zero-order valence-corrected chi connectivity index (χ0v) is 18.3. The summed E-state index contributed by atoms with van der Waals surface area (Å²) in [5.41, 5.74) is -0.265. The van der Waals surface area contributed by atoms with Gasteiger partial charge in [0.05, 0.1) is 12.0 Å². The first-order valence-corrected chi connectivity index (χ1v) is 10.9. The summed E-state index contributed by atoms with van der Waals surface area (Å²) < 4.78 is 58.8. The van der Waals surface area contributed by atoms with E-state index in [2.05, 4.69) is 5.32 Å². The van der Waals surface area contributed by atoms with Crippen LogP contribution in [0.3, 0.4) is 0 Å². The Hall–Kier alpha value is -3.53. The van der Waals surface area contributed by atoms with E-state index in [4.69, 9.17) is 4.74 Å². The van der Waals surface area contributed by atoms with Gasteiger partial charge in [0.2, 0.25) is 15.7 Å². The minimum atomic E-state index is -4.18. The van der Waals surface area contributed by atoms with Crippen molar-refractivity contribution in [3.8, 4) is 5.75 Å². The molecule has 0 atom stereocenters. The summed E-state index contributed by atoms with van der Waals surface area (Å²) in [5, 5.41) is 2.36. The number of ether oxygens (including phenoxy) is 1. The molecule has 0 spiro atoms. The molecule has 10 heteroatoms. The molecule has 1 N–H and O–H groups in total. The molecule has 0 radical (unpaired) electrons. The highest BCUT2D eigenvalue weighted by Crippen LogP contribution is 2.24. The van der Waals surface area contributed by atoms with Crippen molar-refractivity contribution in [1.29, 1.82) is 0 Å². The predicted octanol–water partition coefficient (Wildman–Crippen LogP) is 3.22. The second-order valence-corrected chi connectivity index (χ2v) is 8.93. The number of nitrogens with zero attached hydrogens (tertiary/aromatic N) is 1. The summed E-state index contributed by atoms with van der Waals surface area (Å²) >= 11 is 0. The van der Waals surface area contributed by atoms with Gasteiger partial charge in [-0.25, -0.2) is 17.2 Å². The SMILES string of the molecule is COc1ccc(S(=O)(=O)c2c(C)cc(C)n(CC(=O)Nc3ccc(F)c(F)c3)c2=O)cc1. The molecule has 168 valence electrons. The third kappa shape index (κ3) is 4.54. The normalized spacial score (nSPS) is 11.3.